The summed E-state index contributed by atoms with van der Waals surface area (Å²) in [6, 6.07) is 6.13. The predicted molar refractivity (Wildman–Crippen MR) is 57.0 cm³/mol. The van der Waals surface area contributed by atoms with Gasteiger partial charge in [0.25, 0.3) is 0 Å². The van der Waals surface area contributed by atoms with Gasteiger partial charge in [0.05, 0.1) is 7.11 Å². The SMILES string of the molecule is COc1ccc(C(=O)CS(=O)(=O)Cl)cc1. The average molecular weight is 249 g/mol. The van der Waals surface area contributed by atoms with Crippen molar-refractivity contribution < 1.29 is 17.9 Å². The largest absolute Gasteiger partial charge is 0.497 e. The second-order valence-corrected chi connectivity index (χ2v) is 5.61. The number of halogens is 1. The molecule has 1 aromatic carbocycles. The van der Waals surface area contributed by atoms with Crippen LogP contribution in [-0.2, 0) is 9.05 Å². The number of rotatable bonds is 4. The Balaban J connectivity index is 2.84. The van der Waals surface area contributed by atoms with Gasteiger partial charge in [-0.05, 0) is 24.3 Å². The summed E-state index contributed by atoms with van der Waals surface area (Å²) < 4.78 is 26.2. The molecule has 82 valence electrons. The van der Waals surface area contributed by atoms with Crippen molar-refractivity contribution in [2.24, 2.45) is 0 Å². The number of carbonyl (C=O) groups is 1. The number of ether oxygens (including phenoxy) is 1. The molecular formula is C9H9ClO4S. The van der Waals surface area contributed by atoms with Crippen LogP contribution >= 0.6 is 10.7 Å². The Kier molecular flexibility index (Phi) is 3.71. The first-order chi connectivity index (χ1) is 6.92. The molecule has 0 spiro atoms. The molecular weight excluding hydrogens is 240 g/mol. The molecule has 0 heterocycles. The number of hydrogen-bond acceptors (Lipinski definition) is 4. The normalized spacial score (nSPS) is 11.1. The van der Waals surface area contributed by atoms with Crippen LogP contribution in [0.5, 0.6) is 5.75 Å². The summed E-state index contributed by atoms with van der Waals surface area (Å²) in [4.78, 5) is 11.4. The second-order valence-electron chi connectivity index (χ2n) is 2.83. The highest BCUT2D eigenvalue weighted by Crippen LogP contribution is 2.12. The van der Waals surface area contributed by atoms with E-state index in [1.54, 1.807) is 12.1 Å². The molecule has 0 saturated heterocycles. The van der Waals surface area contributed by atoms with E-state index < -0.39 is 20.6 Å². The molecule has 0 bridgehead atoms. The van der Waals surface area contributed by atoms with E-state index in [0.717, 1.165) is 0 Å². The molecule has 4 nitrogen and oxygen atoms in total. The Bertz CT molecular complexity index is 450. The van der Waals surface area contributed by atoms with E-state index in [0.29, 0.717) is 11.3 Å². The van der Waals surface area contributed by atoms with Crippen molar-refractivity contribution in [2.45, 2.75) is 0 Å². The minimum absolute atomic E-state index is 0.292. The van der Waals surface area contributed by atoms with Crippen LogP contribution in [0.4, 0.5) is 0 Å². The lowest BCUT2D eigenvalue weighted by atomic mass is 10.1. The fourth-order valence-corrected chi connectivity index (χ4v) is 1.79. The van der Waals surface area contributed by atoms with E-state index >= 15 is 0 Å². The first-order valence-electron chi connectivity index (χ1n) is 4.02. The van der Waals surface area contributed by atoms with Crippen molar-refractivity contribution in [3.05, 3.63) is 29.8 Å². The quantitative estimate of drug-likeness (QED) is 0.598. The van der Waals surface area contributed by atoms with Gasteiger partial charge in [0.2, 0.25) is 9.05 Å². The predicted octanol–water partition coefficient (Wildman–Crippen LogP) is 1.45. The van der Waals surface area contributed by atoms with Crippen LogP contribution in [0.15, 0.2) is 24.3 Å². The highest BCUT2D eigenvalue weighted by Gasteiger charge is 2.14. The van der Waals surface area contributed by atoms with Crippen LogP contribution < -0.4 is 4.74 Å². The third-order valence-corrected chi connectivity index (χ3v) is 2.65. The van der Waals surface area contributed by atoms with E-state index in [-0.39, 0.29) is 0 Å². The summed E-state index contributed by atoms with van der Waals surface area (Å²) in [5.74, 6) is -0.631. The molecule has 0 N–H and O–H groups in total. The van der Waals surface area contributed by atoms with Crippen molar-refractivity contribution in [2.75, 3.05) is 12.9 Å². The monoisotopic (exact) mass is 248 g/mol. The maximum atomic E-state index is 11.4. The van der Waals surface area contributed by atoms with Gasteiger partial charge >= 0.3 is 0 Å². The fraction of sp³-hybridized carbons (Fsp3) is 0.222. The molecule has 0 amide bonds. The van der Waals surface area contributed by atoms with Crippen molar-refractivity contribution in [3.63, 3.8) is 0 Å². The van der Waals surface area contributed by atoms with Gasteiger partial charge in [0.15, 0.2) is 5.78 Å². The van der Waals surface area contributed by atoms with Gasteiger partial charge in [-0.3, -0.25) is 4.79 Å². The molecule has 0 aliphatic heterocycles. The summed E-state index contributed by atoms with van der Waals surface area (Å²) in [5, 5.41) is 0. The lowest BCUT2D eigenvalue weighted by Crippen LogP contribution is -2.11. The van der Waals surface area contributed by atoms with Crippen LogP contribution in [0.1, 0.15) is 10.4 Å². The zero-order chi connectivity index (χ0) is 11.5. The van der Waals surface area contributed by atoms with E-state index in [1.165, 1.54) is 19.2 Å². The van der Waals surface area contributed by atoms with Crippen LogP contribution in [0.2, 0.25) is 0 Å². The third kappa shape index (κ3) is 3.89. The van der Waals surface area contributed by atoms with Crippen molar-refractivity contribution in [1.82, 2.24) is 0 Å². The van der Waals surface area contributed by atoms with Crippen LogP contribution in [0, 0.1) is 0 Å². The summed E-state index contributed by atoms with van der Waals surface area (Å²) in [5.41, 5.74) is 0.292. The maximum absolute atomic E-state index is 11.4. The number of ketones is 1. The number of benzene rings is 1. The van der Waals surface area contributed by atoms with Crippen LogP contribution in [0.3, 0.4) is 0 Å². The summed E-state index contributed by atoms with van der Waals surface area (Å²) >= 11 is 0. The van der Waals surface area contributed by atoms with Gasteiger partial charge in [0, 0.05) is 16.2 Å². The fourth-order valence-electron chi connectivity index (χ4n) is 1.02. The maximum Gasteiger partial charge on any atom is 0.240 e. The van der Waals surface area contributed by atoms with E-state index in [4.69, 9.17) is 15.4 Å². The van der Waals surface area contributed by atoms with Gasteiger partial charge in [-0.1, -0.05) is 0 Å². The Labute approximate surface area is 92.2 Å². The lowest BCUT2D eigenvalue weighted by Gasteiger charge is -2.01. The van der Waals surface area contributed by atoms with Crippen LogP contribution in [-0.4, -0.2) is 27.1 Å². The first-order valence-corrected chi connectivity index (χ1v) is 6.50. The van der Waals surface area contributed by atoms with Gasteiger partial charge in [-0.15, -0.1) is 0 Å². The standard InChI is InChI=1S/C9H9ClO4S/c1-14-8-4-2-7(3-5-8)9(11)6-15(10,12)13/h2-5H,6H2,1H3. The zero-order valence-electron chi connectivity index (χ0n) is 7.94. The molecule has 0 saturated carbocycles. The number of Topliss-reactive ketones (excluding diaryl/α,β-unsaturated/α-hetero) is 1. The Morgan fingerprint density at radius 1 is 1.33 bits per heavy atom. The molecule has 0 radical (unpaired) electrons. The van der Waals surface area contributed by atoms with Gasteiger partial charge in [-0.2, -0.15) is 0 Å². The van der Waals surface area contributed by atoms with Gasteiger partial charge in [0.1, 0.15) is 11.5 Å². The van der Waals surface area contributed by atoms with E-state index in [1.807, 2.05) is 0 Å². The average Bonchev–Trinajstić information content (AvgIpc) is 2.15. The summed E-state index contributed by atoms with van der Waals surface area (Å²) in [6.45, 7) is 0. The van der Waals surface area contributed by atoms with Crippen LogP contribution in [0.25, 0.3) is 0 Å². The number of carbonyl (C=O) groups excluding carboxylic acids is 1. The van der Waals surface area contributed by atoms with Gasteiger partial charge in [-0.25, -0.2) is 8.42 Å². The van der Waals surface area contributed by atoms with E-state index in [2.05, 4.69) is 0 Å². The zero-order valence-corrected chi connectivity index (χ0v) is 9.51. The lowest BCUT2D eigenvalue weighted by molar-refractivity contribution is 0.102. The van der Waals surface area contributed by atoms with Crippen molar-refractivity contribution in [1.29, 1.82) is 0 Å². The first kappa shape index (κ1) is 12.0. The highest BCUT2D eigenvalue weighted by atomic mass is 35.7. The highest BCUT2D eigenvalue weighted by molar-refractivity contribution is 8.14. The molecule has 1 aromatic rings. The minimum Gasteiger partial charge on any atom is -0.497 e. The number of hydrogen-bond donors (Lipinski definition) is 0. The summed E-state index contributed by atoms with van der Waals surface area (Å²) in [6.07, 6.45) is 0. The molecule has 1 rings (SSSR count). The molecule has 0 aliphatic rings. The Morgan fingerprint density at radius 3 is 2.27 bits per heavy atom. The topological polar surface area (TPSA) is 60.4 Å². The Morgan fingerprint density at radius 2 is 1.87 bits per heavy atom. The second kappa shape index (κ2) is 4.63. The smallest absolute Gasteiger partial charge is 0.240 e. The Hall–Kier alpha value is -1.07. The minimum atomic E-state index is -3.80. The third-order valence-electron chi connectivity index (χ3n) is 1.72. The molecule has 0 aromatic heterocycles. The summed E-state index contributed by atoms with van der Waals surface area (Å²) in [7, 11) is 2.67. The molecule has 0 aliphatic carbocycles. The molecule has 0 atom stereocenters. The van der Waals surface area contributed by atoms with Gasteiger partial charge < -0.3 is 4.74 Å². The number of methoxy groups -OCH3 is 1. The van der Waals surface area contributed by atoms with E-state index in [9.17, 15) is 13.2 Å². The molecule has 6 heteroatoms. The molecule has 15 heavy (non-hydrogen) atoms. The molecule has 0 unspecified atom stereocenters. The molecule has 0 fully saturated rings. The van der Waals surface area contributed by atoms with Crippen molar-refractivity contribution >= 4 is 25.5 Å². The van der Waals surface area contributed by atoms with Crippen molar-refractivity contribution in [3.8, 4) is 5.75 Å².